The molecule has 0 fully saturated rings. The van der Waals surface area contributed by atoms with Crippen LogP contribution in [0.25, 0.3) is 11.3 Å². The molecule has 1 aliphatic heterocycles. The summed E-state index contributed by atoms with van der Waals surface area (Å²) in [6.45, 7) is 0.774. The highest BCUT2D eigenvalue weighted by Gasteiger charge is 2.13. The number of ether oxygens (including phenoxy) is 1. The lowest BCUT2D eigenvalue weighted by molar-refractivity contribution is 0.276. The summed E-state index contributed by atoms with van der Waals surface area (Å²) < 4.78 is 7.33. The van der Waals surface area contributed by atoms with E-state index in [0.717, 1.165) is 36.6 Å². The fraction of sp³-hybridized carbons (Fsp3) is 0.333. The van der Waals surface area contributed by atoms with Crippen LogP contribution in [0.1, 0.15) is 12.0 Å². The van der Waals surface area contributed by atoms with Gasteiger partial charge in [-0.1, -0.05) is 6.07 Å². The lowest BCUT2D eigenvalue weighted by atomic mass is 10.1. The normalized spacial score (nSPS) is 14.3. The second kappa shape index (κ2) is 3.63. The van der Waals surface area contributed by atoms with Crippen molar-refractivity contribution in [2.45, 2.75) is 12.8 Å². The average Bonchev–Trinajstić information content (AvgIpc) is 2.75. The molecule has 0 aromatic carbocycles. The summed E-state index contributed by atoms with van der Waals surface area (Å²) >= 11 is 0. The first-order valence-corrected chi connectivity index (χ1v) is 5.45. The van der Waals surface area contributed by atoms with Gasteiger partial charge in [-0.25, -0.2) is 4.98 Å². The van der Waals surface area contributed by atoms with E-state index in [1.54, 1.807) is 4.68 Å². The summed E-state index contributed by atoms with van der Waals surface area (Å²) in [7, 11) is 1.90. The third-order valence-electron chi connectivity index (χ3n) is 2.77. The second-order valence-electron chi connectivity index (χ2n) is 4.02. The molecule has 3 rings (SSSR count). The Hall–Kier alpha value is -1.84. The summed E-state index contributed by atoms with van der Waals surface area (Å²) in [4.78, 5) is 4.52. The largest absolute Gasteiger partial charge is 0.477 e. The van der Waals surface area contributed by atoms with Gasteiger partial charge in [-0.15, -0.1) is 0 Å². The number of hydrogen-bond donors (Lipinski definition) is 0. The van der Waals surface area contributed by atoms with E-state index in [4.69, 9.17) is 4.74 Å². The van der Waals surface area contributed by atoms with Gasteiger partial charge in [-0.05, 0) is 18.9 Å². The number of hydrogen-bond acceptors (Lipinski definition) is 3. The summed E-state index contributed by atoms with van der Waals surface area (Å²) in [6, 6.07) is 4.13. The highest BCUT2D eigenvalue weighted by atomic mass is 16.5. The fourth-order valence-corrected chi connectivity index (χ4v) is 1.93. The third-order valence-corrected chi connectivity index (χ3v) is 2.77. The summed E-state index contributed by atoms with van der Waals surface area (Å²) in [5.74, 6) is 0.785. The van der Waals surface area contributed by atoms with Gasteiger partial charge in [0.1, 0.15) is 0 Å². The third kappa shape index (κ3) is 1.56. The van der Waals surface area contributed by atoms with Crippen LogP contribution >= 0.6 is 0 Å². The van der Waals surface area contributed by atoms with Gasteiger partial charge in [0.15, 0.2) is 0 Å². The van der Waals surface area contributed by atoms with Gasteiger partial charge in [0, 0.05) is 24.4 Å². The van der Waals surface area contributed by atoms with Crippen LogP contribution in [0.5, 0.6) is 5.88 Å². The van der Waals surface area contributed by atoms with Gasteiger partial charge >= 0.3 is 0 Å². The lowest BCUT2D eigenvalue weighted by Gasteiger charge is -2.16. The summed E-state index contributed by atoms with van der Waals surface area (Å²) in [5.41, 5.74) is 3.16. The molecule has 82 valence electrons. The average molecular weight is 215 g/mol. The molecule has 0 atom stereocenters. The van der Waals surface area contributed by atoms with Crippen molar-refractivity contribution < 1.29 is 4.74 Å². The van der Waals surface area contributed by atoms with Gasteiger partial charge in [-0.2, -0.15) is 5.10 Å². The van der Waals surface area contributed by atoms with Crippen LogP contribution in [0.15, 0.2) is 24.5 Å². The molecule has 0 unspecified atom stereocenters. The first kappa shape index (κ1) is 9.39. The SMILES string of the molecule is Cn1cc(-c2ccc3c(n2)OCCC3)cn1. The highest BCUT2D eigenvalue weighted by molar-refractivity contribution is 5.58. The molecular formula is C12H13N3O. The zero-order valence-electron chi connectivity index (χ0n) is 9.18. The van der Waals surface area contributed by atoms with Crippen LogP contribution in [-0.2, 0) is 13.5 Å². The molecule has 2 aromatic heterocycles. The van der Waals surface area contributed by atoms with Crippen molar-refractivity contribution in [1.82, 2.24) is 14.8 Å². The first-order chi connectivity index (χ1) is 7.83. The topological polar surface area (TPSA) is 39.9 Å². The van der Waals surface area contributed by atoms with Crippen molar-refractivity contribution in [3.8, 4) is 17.1 Å². The van der Waals surface area contributed by atoms with Crippen molar-refractivity contribution in [1.29, 1.82) is 0 Å². The van der Waals surface area contributed by atoms with Gasteiger partial charge in [-0.3, -0.25) is 4.68 Å². The Labute approximate surface area is 93.9 Å². The maximum absolute atomic E-state index is 5.55. The molecule has 1 aliphatic rings. The van der Waals surface area contributed by atoms with E-state index in [9.17, 15) is 0 Å². The Bertz CT molecular complexity index is 519. The minimum absolute atomic E-state index is 0.774. The monoisotopic (exact) mass is 215 g/mol. The van der Waals surface area contributed by atoms with E-state index in [0.29, 0.717) is 0 Å². The van der Waals surface area contributed by atoms with E-state index >= 15 is 0 Å². The van der Waals surface area contributed by atoms with E-state index in [2.05, 4.69) is 16.1 Å². The van der Waals surface area contributed by atoms with Crippen molar-refractivity contribution >= 4 is 0 Å². The lowest BCUT2D eigenvalue weighted by Crippen LogP contribution is -2.09. The standard InChI is InChI=1S/C12H13N3O/c1-15-8-10(7-13-15)11-5-4-9-3-2-6-16-12(9)14-11/h4-5,7-8H,2-3,6H2,1H3. The zero-order chi connectivity index (χ0) is 11.0. The molecule has 4 nitrogen and oxygen atoms in total. The highest BCUT2D eigenvalue weighted by Crippen LogP contribution is 2.26. The molecule has 0 saturated heterocycles. The van der Waals surface area contributed by atoms with Crippen molar-refractivity contribution in [3.05, 3.63) is 30.1 Å². The van der Waals surface area contributed by atoms with Gasteiger partial charge < -0.3 is 4.74 Å². The van der Waals surface area contributed by atoms with Crippen LogP contribution in [-0.4, -0.2) is 21.4 Å². The Morgan fingerprint density at radius 3 is 3.12 bits per heavy atom. The van der Waals surface area contributed by atoms with Gasteiger partial charge in [0.05, 0.1) is 18.5 Å². The van der Waals surface area contributed by atoms with E-state index < -0.39 is 0 Å². The van der Waals surface area contributed by atoms with Crippen molar-refractivity contribution in [2.75, 3.05) is 6.61 Å². The number of aryl methyl sites for hydroxylation is 2. The number of pyridine rings is 1. The Morgan fingerprint density at radius 1 is 1.38 bits per heavy atom. The molecule has 0 spiro atoms. The minimum atomic E-state index is 0.774. The smallest absolute Gasteiger partial charge is 0.217 e. The molecule has 3 heterocycles. The van der Waals surface area contributed by atoms with Crippen LogP contribution in [0.2, 0.25) is 0 Å². The molecule has 0 bridgehead atoms. The molecule has 0 amide bonds. The van der Waals surface area contributed by atoms with E-state index in [-0.39, 0.29) is 0 Å². The van der Waals surface area contributed by atoms with Crippen LogP contribution in [0.3, 0.4) is 0 Å². The molecule has 0 radical (unpaired) electrons. The quantitative estimate of drug-likeness (QED) is 0.728. The van der Waals surface area contributed by atoms with E-state index in [1.165, 1.54) is 5.56 Å². The van der Waals surface area contributed by atoms with Crippen LogP contribution in [0.4, 0.5) is 0 Å². The minimum Gasteiger partial charge on any atom is -0.477 e. The number of rotatable bonds is 1. The van der Waals surface area contributed by atoms with Crippen molar-refractivity contribution in [2.24, 2.45) is 7.05 Å². The zero-order valence-corrected chi connectivity index (χ0v) is 9.18. The number of aromatic nitrogens is 3. The summed E-state index contributed by atoms with van der Waals surface area (Å²) in [6.07, 6.45) is 5.92. The molecular weight excluding hydrogens is 202 g/mol. The van der Waals surface area contributed by atoms with Crippen LogP contribution in [0, 0.1) is 0 Å². The number of nitrogens with zero attached hydrogens (tertiary/aromatic N) is 3. The molecule has 2 aromatic rings. The Kier molecular flexibility index (Phi) is 2.13. The predicted molar refractivity (Wildman–Crippen MR) is 60.3 cm³/mol. The van der Waals surface area contributed by atoms with Gasteiger partial charge in [0.25, 0.3) is 0 Å². The molecule has 4 heteroatoms. The molecule has 0 aliphatic carbocycles. The second-order valence-corrected chi connectivity index (χ2v) is 4.02. The molecule has 0 N–H and O–H groups in total. The van der Waals surface area contributed by atoms with E-state index in [1.807, 2.05) is 25.5 Å². The maximum atomic E-state index is 5.55. The van der Waals surface area contributed by atoms with Crippen molar-refractivity contribution in [3.63, 3.8) is 0 Å². The predicted octanol–water partition coefficient (Wildman–Crippen LogP) is 1.81. The maximum Gasteiger partial charge on any atom is 0.217 e. The first-order valence-electron chi connectivity index (χ1n) is 5.45. The molecule has 0 saturated carbocycles. The Morgan fingerprint density at radius 2 is 2.31 bits per heavy atom. The Balaban J connectivity index is 2.02. The van der Waals surface area contributed by atoms with Crippen LogP contribution < -0.4 is 4.74 Å². The molecule has 16 heavy (non-hydrogen) atoms. The van der Waals surface area contributed by atoms with Gasteiger partial charge in [0.2, 0.25) is 5.88 Å². The number of fused-ring (bicyclic) bond motifs is 1. The summed E-state index contributed by atoms with van der Waals surface area (Å²) in [5, 5.41) is 4.14. The fourth-order valence-electron chi connectivity index (χ4n) is 1.93.